The van der Waals surface area contributed by atoms with Crippen LogP contribution in [0.2, 0.25) is 0 Å². The Morgan fingerprint density at radius 2 is 1.85 bits per heavy atom. The van der Waals surface area contributed by atoms with E-state index in [2.05, 4.69) is 0 Å². The molecule has 0 spiro atoms. The molecule has 5 nitrogen and oxygen atoms in total. The molecule has 74 valence electrons. The van der Waals surface area contributed by atoms with Crippen LogP contribution in [0.5, 0.6) is 5.75 Å². The lowest BCUT2D eigenvalue weighted by molar-refractivity contribution is 0.459. The molecular weight excluding hydrogens is 216 g/mol. The van der Waals surface area contributed by atoms with Gasteiger partial charge in [-0.3, -0.25) is 0 Å². The number of nitrogens with two attached hydrogens (primary N) is 2. The minimum atomic E-state index is -3.89. The van der Waals surface area contributed by atoms with Crippen LogP contribution in [-0.2, 0) is 10.0 Å². The highest BCUT2D eigenvalue weighted by Crippen LogP contribution is 2.22. The monoisotopic (exact) mass is 224 g/mol. The Morgan fingerprint density at radius 3 is 2.23 bits per heavy atom. The molecule has 13 heavy (non-hydrogen) atoms. The summed E-state index contributed by atoms with van der Waals surface area (Å²) >= 11 is 0. The Labute approximate surface area is 81.8 Å². The van der Waals surface area contributed by atoms with Crippen molar-refractivity contribution in [2.75, 3.05) is 5.73 Å². The summed E-state index contributed by atoms with van der Waals surface area (Å²) in [4.78, 5) is -0.359. The van der Waals surface area contributed by atoms with E-state index in [1.54, 1.807) is 0 Å². The summed E-state index contributed by atoms with van der Waals surface area (Å²) in [5.74, 6) is -0.397. The van der Waals surface area contributed by atoms with Gasteiger partial charge in [0.05, 0.1) is 0 Å². The number of halogens is 1. The molecule has 0 unspecified atom stereocenters. The Bertz CT molecular complexity index is 404. The van der Waals surface area contributed by atoms with E-state index < -0.39 is 15.8 Å². The van der Waals surface area contributed by atoms with Crippen LogP contribution < -0.4 is 10.9 Å². The van der Waals surface area contributed by atoms with E-state index in [0.29, 0.717) is 0 Å². The number of phenolic OH excluding ortho intramolecular Hbond substituents is 1. The van der Waals surface area contributed by atoms with Crippen LogP contribution in [-0.4, -0.2) is 13.5 Å². The molecule has 7 heteroatoms. The van der Waals surface area contributed by atoms with Gasteiger partial charge in [-0.05, 0) is 18.2 Å². The average Bonchev–Trinajstić information content (AvgIpc) is 1.92. The third-order valence-corrected chi connectivity index (χ3v) is 2.23. The molecule has 0 fully saturated rings. The number of sulfonamides is 1. The van der Waals surface area contributed by atoms with Gasteiger partial charge in [0.1, 0.15) is 10.6 Å². The Morgan fingerprint density at radius 1 is 1.31 bits per heavy atom. The van der Waals surface area contributed by atoms with Crippen LogP contribution in [0.3, 0.4) is 0 Å². The van der Waals surface area contributed by atoms with Gasteiger partial charge in [0.15, 0.2) is 0 Å². The predicted molar refractivity (Wildman–Crippen MR) is 51.1 cm³/mol. The summed E-state index contributed by atoms with van der Waals surface area (Å²) in [6.45, 7) is 0. The van der Waals surface area contributed by atoms with Gasteiger partial charge < -0.3 is 10.8 Å². The fraction of sp³-hybridized carbons (Fsp3) is 0. The van der Waals surface area contributed by atoms with Crippen LogP contribution in [0, 0.1) is 0 Å². The minimum Gasteiger partial charge on any atom is -0.507 e. The number of hydrogen-bond acceptors (Lipinski definition) is 4. The van der Waals surface area contributed by atoms with Crippen molar-refractivity contribution in [3.8, 4) is 5.75 Å². The number of hydrogen-bond donors (Lipinski definition) is 3. The van der Waals surface area contributed by atoms with Gasteiger partial charge in [0, 0.05) is 5.69 Å². The maximum atomic E-state index is 10.8. The molecule has 0 radical (unpaired) electrons. The molecule has 0 atom stereocenters. The highest BCUT2D eigenvalue weighted by molar-refractivity contribution is 7.89. The van der Waals surface area contributed by atoms with E-state index in [0.717, 1.165) is 6.07 Å². The molecule has 0 aliphatic carbocycles. The van der Waals surface area contributed by atoms with Gasteiger partial charge in [-0.15, -0.1) is 12.4 Å². The fourth-order valence-corrected chi connectivity index (χ4v) is 1.42. The number of rotatable bonds is 1. The predicted octanol–water partition coefficient (Wildman–Crippen LogP) is 0.0436. The zero-order valence-corrected chi connectivity index (χ0v) is 8.10. The van der Waals surface area contributed by atoms with Gasteiger partial charge in [-0.2, -0.15) is 0 Å². The molecule has 1 aromatic carbocycles. The van der Waals surface area contributed by atoms with Crippen LogP contribution in [0.1, 0.15) is 0 Å². The van der Waals surface area contributed by atoms with E-state index in [4.69, 9.17) is 16.0 Å². The lowest BCUT2D eigenvalue weighted by Gasteiger charge is -2.01. The Kier molecular flexibility index (Phi) is 3.53. The zero-order valence-electron chi connectivity index (χ0n) is 6.47. The van der Waals surface area contributed by atoms with E-state index in [1.165, 1.54) is 12.1 Å². The molecule has 0 bridgehead atoms. The quantitative estimate of drug-likeness (QED) is 0.463. The summed E-state index contributed by atoms with van der Waals surface area (Å²) < 4.78 is 21.5. The van der Waals surface area contributed by atoms with Crippen molar-refractivity contribution >= 4 is 28.1 Å². The van der Waals surface area contributed by atoms with Crippen molar-refractivity contribution in [2.24, 2.45) is 5.14 Å². The summed E-state index contributed by atoms with van der Waals surface area (Å²) in [7, 11) is -3.89. The van der Waals surface area contributed by atoms with Crippen molar-refractivity contribution in [2.45, 2.75) is 4.90 Å². The molecule has 0 saturated carbocycles. The molecule has 0 aliphatic rings. The van der Waals surface area contributed by atoms with E-state index in [1.807, 2.05) is 0 Å². The summed E-state index contributed by atoms with van der Waals surface area (Å²) in [5, 5.41) is 13.8. The standard InChI is InChI=1S/C6H8N2O3S.ClH/c7-4-1-2-5(9)6(3-4)12(8,10)11;/h1-3,9H,7H2,(H2,8,10,11);1H. The van der Waals surface area contributed by atoms with Gasteiger partial charge in [-0.25, -0.2) is 13.6 Å². The van der Waals surface area contributed by atoms with Crippen molar-refractivity contribution in [3.05, 3.63) is 18.2 Å². The first-order valence-corrected chi connectivity index (χ1v) is 4.57. The maximum Gasteiger partial charge on any atom is 0.241 e. The molecule has 0 amide bonds. The number of aromatic hydroxyl groups is 1. The van der Waals surface area contributed by atoms with Crippen molar-refractivity contribution in [3.63, 3.8) is 0 Å². The molecule has 0 aliphatic heterocycles. The van der Waals surface area contributed by atoms with Crippen molar-refractivity contribution in [1.29, 1.82) is 0 Å². The first-order valence-electron chi connectivity index (χ1n) is 3.02. The van der Waals surface area contributed by atoms with Crippen LogP contribution in [0.15, 0.2) is 23.1 Å². The highest BCUT2D eigenvalue weighted by atomic mass is 35.5. The fourth-order valence-electron chi connectivity index (χ4n) is 0.759. The normalized spacial score (nSPS) is 10.5. The topological polar surface area (TPSA) is 106 Å². The Balaban J connectivity index is 0.00000144. The second-order valence-electron chi connectivity index (χ2n) is 2.27. The minimum absolute atomic E-state index is 0. The smallest absolute Gasteiger partial charge is 0.241 e. The third kappa shape index (κ3) is 2.76. The first-order chi connectivity index (χ1) is 5.41. The summed E-state index contributed by atoms with van der Waals surface area (Å²) in [6, 6.07) is 3.66. The lowest BCUT2D eigenvalue weighted by Crippen LogP contribution is -2.12. The molecule has 5 N–H and O–H groups in total. The van der Waals surface area contributed by atoms with Gasteiger partial charge in [-0.1, -0.05) is 0 Å². The van der Waals surface area contributed by atoms with Gasteiger partial charge in [0.2, 0.25) is 10.0 Å². The molecule has 0 saturated heterocycles. The number of primary sulfonamides is 1. The number of nitrogen functional groups attached to an aromatic ring is 1. The molecule has 1 aromatic rings. The molecule has 1 rings (SSSR count). The number of anilines is 1. The first kappa shape index (κ1) is 12.0. The maximum absolute atomic E-state index is 10.8. The largest absolute Gasteiger partial charge is 0.507 e. The van der Waals surface area contributed by atoms with Crippen LogP contribution in [0.25, 0.3) is 0 Å². The molecule has 0 aromatic heterocycles. The average molecular weight is 225 g/mol. The second-order valence-corrected chi connectivity index (χ2v) is 3.80. The lowest BCUT2D eigenvalue weighted by atomic mass is 10.3. The zero-order chi connectivity index (χ0) is 9.35. The summed E-state index contributed by atoms with van der Waals surface area (Å²) in [6.07, 6.45) is 0. The van der Waals surface area contributed by atoms with E-state index in [9.17, 15) is 8.42 Å². The molecular formula is C6H9ClN2O3S. The molecule has 0 heterocycles. The SMILES string of the molecule is Cl.Nc1ccc(O)c(S(N)(=O)=O)c1. The Hall–Kier alpha value is -0.980. The van der Waals surface area contributed by atoms with Crippen LogP contribution in [0.4, 0.5) is 5.69 Å². The van der Waals surface area contributed by atoms with E-state index in [-0.39, 0.29) is 23.0 Å². The van der Waals surface area contributed by atoms with Crippen molar-refractivity contribution in [1.82, 2.24) is 0 Å². The number of benzene rings is 1. The van der Waals surface area contributed by atoms with Gasteiger partial charge in [0.25, 0.3) is 0 Å². The number of phenols is 1. The van der Waals surface area contributed by atoms with Crippen molar-refractivity contribution < 1.29 is 13.5 Å². The van der Waals surface area contributed by atoms with Gasteiger partial charge >= 0.3 is 0 Å². The van der Waals surface area contributed by atoms with Crippen LogP contribution >= 0.6 is 12.4 Å². The van der Waals surface area contributed by atoms with E-state index >= 15 is 0 Å². The summed E-state index contributed by atoms with van der Waals surface area (Å²) in [5.41, 5.74) is 5.53. The second kappa shape index (κ2) is 3.82. The highest BCUT2D eigenvalue weighted by Gasteiger charge is 2.12. The third-order valence-electron chi connectivity index (χ3n) is 1.29.